The Kier molecular flexibility index (Phi) is 4.09. The van der Waals surface area contributed by atoms with Gasteiger partial charge >= 0.3 is 0 Å². The third kappa shape index (κ3) is 3.46. The highest BCUT2D eigenvalue weighted by atomic mass is 32.2. The fourth-order valence-corrected chi connectivity index (χ4v) is 3.61. The monoisotopic (exact) mass is 322 g/mol. The van der Waals surface area contributed by atoms with Crippen molar-refractivity contribution >= 4 is 17.7 Å². The van der Waals surface area contributed by atoms with Crippen LogP contribution in [0.5, 0.6) is 0 Å². The topological polar surface area (TPSA) is 69.0 Å². The number of carbonyl (C=O) groups is 1. The number of nitrogens with zero attached hydrogens (tertiary/aromatic N) is 3. The molecule has 2 saturated carbocycles. The van der Waals surface area contributed by atoms with Crippen molar-refractivity contribution in [1.82, 2.24) is 20.1 Å². The van der Waals surface area contributed by atoms with Crippen LogP contribution in [-0.2, 0) is 16.1 Å². The third-order valence-corrected chi connectivity index (χ3v) is 5.34. The van der Waals surface area contributed by atoms with Gasteiger partial charge in [0.15, 0.2) is 5.16 Å². The summed E-state index contributed by atoms with van der Waals surface area (Å²) >= 11 is 1.50. The largest absolute Gasteiger partial charge is 0.376 e. The lowest BCUT2D eigenvalue weighted by Crippen LogP contribution is -2.27. The molecule has 0 aromatic carbocycles. The van der Waals surface area contributed by atoms with Gasteiger partial charge in [-0.3, -0.25) is 4.79 Å². The van der Waals surface area contributed by atoms with E-state index in [4.69, 9.17) is 4.74 Å². The summed E-state index contributed by atoms with van der Waals surface area (Å²) in [6.45, 7) is 1.68. The van der Waals surface area contributed by atoms with Gasteiger partial charge in [0.2, 0.25) is 5.91 Å². The van der Waals surface area contributed by atoms with Gasteiger partial charge in [0.05, 0.1) is 18.4 Å². The summed E-state index contributed by atoms with van der Waals surface area (Å²) in [6, 6.07) is 0.417. The first kappa shape index (κ1) is 14.5. The van der Waals surface area contributed by atoms with E-state index in [-0.39, 0.29) is 12.0 Å². The quantitative estimate of drug-likeness (QED) is 0.774. The van der Waals surface area contributed by atoms with Gasteiger partial charge in [-0.2, -0.15) is 0 Å². The number of aromatic nitrogens is 3. The predicted octanol–water partition coefficient (Wildman–Crippen LogP) is 1.71. The van der Waals surface area contributed by atoms with Crippen molar-refractivity contribution in [2.75, 3.05) is 12.4 Å². The maximum Gasteiger partial charge on any atom is 0.230 e. The smallest absolute Gasteiger partial charge is 0.230 e. The number of amides is 1. The second-order valence-electron chi connectivity index (χ2n) is 6.49. The molecule has 1 aromatic rings. The van der Waals surface area contributed by atoms with Crippen molar-refractivity contribution in [2.24, 2.45) is 0 Å². The first-order valence-corrected chi connectivity index (χ1v) is 9.25. The predicted molar refractivity (Wildman–Crippen MR) is 82.9 cm³/mol. The van der Waals surface area contributed by atoms with Gasteiger partial charge < -0.3 is 14.6 Å². The molecule has 6 nitrogen and oxygen atoms in total. The normalized spacial score (nSPS) is 24.6. The average Bonchev–Trinajstić information content (AvgIpc) is 3.43. The van der Waals surface area contributed by atoms with E-state index >= 15 is 0 Å². The molecule has 1 unspecified atom stereocenters. The Balaban J connectivity index is 1.41. The zero-order valence-corrected chi connectivity index (χ0v) is 13.5. The molecule has 1 atom stereocenters. The highest BCUT2D eigenvalue weighted by molar-refractivity contribution is 7.99. The van der Waals surface area contributed by atoms with E-state index in [2.05, 4.69) is 20.1 Å². The summed E-state index contributed by atoms with van der Waals surface area (Å²) in [5, 5.41) is 12.6. The van der Waals surface area contributed by atoms with Crippen LogP contribution in [0.15, 0.2) is 5.16 Å². The molecule has 1 N–H and O–H groups in total. The molecule has 2 heterocycles. The molecule has 4 rings (SSSR count). The Morgan fingerprint density at radius 3 is 2.82 bits per heavy atom. The SMILES string of the molecule is O=C(CSc1nnc(C2CC2)n1CC1CCCO1)NC1CC1. The Bertz CT molecular complexity index is 548. The van der Waals surface area contributed by atoms with Gasteiger partial charge in [0.1, 0.15) is 5.82 Å². The highest BCUT2D eigenvalue weighted by Crippen LogP contribution is 2.40. The van der Waals surface area contributed by atoms with Gasteiger partial charge in [0.25, 0.3) is 0 Å². The molecular weight excluding hydrogens is 300 g/mol. The lowest BCUT2D eigenvalue weighted by molar-refractivity contribution is -0.118. The van der Waals surface area contributed by atoms with E-state index in [1.165, 1.54) is 24.6 Å². The highest BCUT2D eigenvalue weighted by Gasteiger charge is 2.32. The van der Waals surface area contributed by atoms with Crippen LogP contribution in [0.2, 0.25) is 0 Å². The van der Waals surface area contributed by atoms with Crippen molar-refractivity contribution in [3.05, 3.63) is 5.82 Å². The molecule has 1 aromatic heterocycles. The molecular formula is C15H22N4O2S. The van der Waals surface area contributed by atoms with E-state index in [0.717, 1.165) is 49.8 Å². The van der Waals surface area contributed by atoms with Crippen LogP contribution in [-0.4, -0.2) is 45.2 Å². The minimum Gasteiger partial charge on any atom is -0.376 e. The fraction of sp³-hybridized carbons (Fsp3) is 0.800. The summed E-state index contributed by atoms with van der Waals surface area (Å²) in [6.07, 6.45) is 7.17. The standard InChI is InChI=1S/C15H22N4O2S/c20-13(16-11-5-6-11)9-22-15-18-17-14(10-3-4-10)19(15)8-12-2-1-7-21-12/h10-12H,1-9H2,(H,16,20). The maximum atomic E-state index is 11.9. The first-order chi connectivity index (χ1) is 10.8. The summed E-state index contributed by atoms with van der Waals surface area (Å²) in [5.41, 5.74) is 0. The van der Waals surface area contributed by atoms with Crippen molar-refractivity contribution in [2.45, 2.75) is 68.3 Å². The molecule has 0 bridgehead atoms. The number of nitrogens with one attached hydrogen (secondary N) is 1. The lowest BCUT2D eigenvalue weighted by Gasteiger charge is -2.14. The van der Waals surface area contributed by atoms with E-state index in [1.54, 1.807) is 0 Å². The van der Waals surface area contributed by atoms with Gasteiger partial charge in [-0.15, -0.1) is 10.2 Å². The molecule has 120 valence electrons. The Hall–Kier alpha value is -1.08. The lowest BCUT2D eigenvalue weighted by atomic mass is 10.2. The number of ether oxygens (including phenoxy) is 1. The number of thioether (sulfide) groups is 1. The van der Waals surface area contributed by atoms with E-state index in [9.17, 15) is 4.79 Å². The number of rotatable bonds is 7. The van der Waals surface area contributed by atoms with Gasteiger partial charge in [0, 0.05) is 18.6 Å². The van der Waals surface area contributed by atoms with Crippen LogP contribution >= 0.6 is 11.8 Å². The van der Waals surface area contributed by atoms with Crippen LogP contribution in [0.25, 0.3) is 0 Å². The minimum absolute atomic E-state index is 0.104. The van der Waals surface area contributed by atoms with Crippen molar-refractivity contribution in [3.8, 4) is 0 Å². The third-order valence-electron chi connectivity index (χ3n) is 4.37. The van der Waals surface area contributed by atoms with Crippen LogP contribution in [0, 0.1) is 0 Å². The van der Waals surface area contributed by atoms with Crippen LogP contribution in [0.3, 0.4) is 0 Å². The molecule has 22 heavy (non-hydrogen) atoms. The molecule has 7 heteroatoms. The molecule has 3 fully saturated rings. The van der Waals surface area contributed by atoms with Crippen molar-refractivity contribution in [3.63, 3.8) is 0 Å². The summed E-state index contributed by atoms with van der Waals surface area (Å²) in [4.78, 5) is 11.9. The van der Waals surface area contributed by atoms with Crippen LogP contribution in [0.4, 0.5) is 0 Å². The molecule has 1 aliphatic heterocycles. The van der Waals surface area contributed by atoms with Crippen LogP contribution < -0.4 is 5.32 Å². The number of hydrogen-bond acceptors (Lipinski definition) is 5. The van der Waals surface area contributed by atoms with E-state index < -0.39 is 0 Å². The second-order valence-corrected chi connectivity index (χ2v) is 7.43. The number of carbonyl (C=O) groups excluding carboxylic acids is 1. The Morgan fingerprint density at radius 1 is 1.27 bits per heavy atom. The van der Waals surface area contributed by atoms with Gasteiger partial charge in [-0.25, -0.2) is 0 Å². The molecule has 0 spiro atoms. The fourth-order valence-electron chi connectivity index (χ4n) is 2.84. The van der Waals surface area contributed by atoms with Crippen LogP contribution in [0.1, 0.15) is 50.3 Å². The molecule has 1 amide bonds. The molecule has 1 saturated heterocycles. The summed E-state index contributed by atoms with van der Waals surface area (Å²) in [7, 11) is 0. The van der Waals surface area contributed by atoms with E-state index in [1.807, 2.05) is 0 Å². The molecule has 2 aliphatic carbocycles. The molecule has 3 aliphatic rings. The first-order valence-electron chi connectivity index (χ1n) is 8.26. The Morgan fingerprint density at radius 2 is 2.14 bits per heavy atom. The zero-order valence-electron chi connectivity index (χ0n) is 12.7. The van der Waals surface area contributed by atoms with Crippen molar-refractivity contribution in [1.29, 1.82) is 0 Å². The summed E-state index contributed by atoms with van der Waals surface area (Å²) < 4.78 is 7.96. The number of hydrogen-bond donors (Lipinski definition) is 1. The average molecular weight is 322 g/mol. The summed E-state index contributed by atoms with van der Waals surface area (Å²) in [5.74, 6) is 2.17. The second kappa shape index (κ2) is 6.20. The Labute approximate surface area is 134 Å². The molecule has 0 radical (unpaired) electrons. The van der Waals surface area contributed by atoms with Gasteiger partial charge in [-0.1, -0.05) is 11.8 Å². The maximum absolute atomic E-state index is 11.9. The van der Waals surface area contributed by atoms with Crippen molar-refractivity contribution < 1.29 is 9.53 Å². The van der Waals surface area contributed by atoms with E-state index in [0.29, 0.717) is 17.7 Å². The van der Waals surface area contributed by atoms with Gasteiger partial charge in [-0.05, 0) is 38.5 Å². The zero-order chi connectivity index (χ0) is 14.9. The minimum atomic E-state index is 0.104.